The Morgan fingerprint density at radius 3 is 1.36 bits per heavy atom. The van der Waals surface area contributed by atoms with Crippen molar-refractivity contribution in [2.45, 2.75) is 41.5 Å². The number of cyclic esters (lactones) is 2. The molecule has 0 radical (unpaired) electrons. The summed E-state index contributed by atoms with van der Waals surface area (Å²) in [5, 5.41) is 15.9. The number of aryl methyl sites for hydroxylation is 6. The van der Waals surface area contributed by atoms with Crippen molar-refractivity contribution < 1.29 is 38.4 Å². The first-order chi connectivity index (χ1) is 46.2. The Hall–Kier alpha value is -12.6. The average molecular weight is 1290 g/mol. The van der Waals surface area contributed by atoms with Gasteiger partial charge in [-0.15, -0.1) is 0 Å². The summed E-state index contributed by atoms with van der Waals surface area (Å²) in [4.78, 5) is 104. The quantitative estimate of drug-likeness (QED) is 0.0254. The molecule has 0 fully saturated rings. The second-order valence-corrected chi connectivity index (χ2v) is 22.9. The molecular formula is C76H59ClN10O9. The number of ether oxygens (including phenoxy) is 1. The maximum Gasteiger partial charge on any atom is 0.347 e. The summed E-state index contributed by atoms with van der Waals surface area (Å²) < 4.78 is 4.27. The van der Waals surface area contributed by atoms with Crippen molar-refractivity contribution in [1.82, 2.24) is 19.9 Å². The van der Waals surface area contributed by atoms with Gasteiger partial charge in [-0.1, -0.05) is 152 Å². The van der Waals surface area contributed by atoms with Gasteiger partial charge in [-0.25, -0.2) is 39.3 Å². The fourth-order valence-corrected chi connectivity index (χ4v) is 11.4. The lowest BCUT2D eigenvalue weighted by Crippen LogP contribution is -2.30. The van der Waals surface area contributed by atoms with Crippen molar-refractivity contribution in [1.29, 1.82) is 0 Å². The number of fused-ring (bicyclic) bond motifs is 5. The zero-order chi connectivity index (χ0) is 68.1. The molecule has 0 saturated heterocycles. The molecule has 474 valence electrons. The Balaban J connectivity index is 0.000000132. The number of amides is 4. The molecule has 0 bridgehead atoms. The molecular weight excluding hydrogens is 1230 g/mol. The maximum atomic E-state index is 13.4. The molecule has 19 nitrogen and oxygen atoms in total. The summed E-state index contributed by atoms with van der Waals surface area (Å²) in [6, 6.07) is 66.5. The molecule has 20 heteroatoms. The molecule has 0 unspecified atom stereocenters. The van der Waals surface area contributed by atoms with Gasteiger partial charge in [0.15, 0.2) is 0 Å². The molecule has 3 aliphatic rings. The molecule has 0 aliphatic carbocycles. The number of nitrogen functional groups attached to an aromatic ring is 2. The van der Waals surface area contributed by atoms with E-state index in [-0.39, 0.29) is 45.7 Å². The van der Waals surface area contributed by atoms with Gasteiger partial charge in [0.05, 0.1) is 72.1 Å². The van der Waals surface area contributed by atoms with Gasteiger partial charge in [0, 0.05) is 51.1 Å². The number of aromatic nitrogens is 4. The van der Waals surface area contributed by atoms with E-state index in [1.807, 2.05) is 205 Å². The molecule has 12 aromatic rings. The van der Waals surface area contributed by atoms with Gasteiger partial charge < -0.3 is 21.5 Å². The van der Waals surface area contributed by atoms with Crippen molar-refractivity contribution in [3.8, 4) is 22.5 Å². The fraction of sp³-hybridized carbons (Fsp3) is 0.0789. The third-order valence-corrected chi connectivity index (χ3v) is 16.2. The molecule has 4 amide bonds. The lowest BCUT2D eigenvalue weighted by atomic mass is 10.1. The summed E-state index contributed by atoms with van der Waals surface area (Å²) in [6.07, 6.45) is 0. The van der Waals surface area contributed by atoms with Gasteiger partial charge in [0.1, 0.15) is 0 Å². The Bertz CT molecular complexity index is 5080. The highest BCUT2D eigenvalue weighted by Gasteiger charge is 2.40. The van der Waals surface area contributed by atoms with Gasteiger partial charge in [-0.05, 0) is 141 Å². The van der Waals surface area contributed by atoms with E-state index in [9.17, 15) is 38.9 Å². The van der Waals surface area contributed by atoms with Crippen LogP contribution in [0.3, 0.4) is 0 Å². The van der Waals surface area contributed by atoms with Crippen LogP contribution in [-0.2, 0) is 4.74 Å². The molecule has 5 heterocycles. The summed E-state index contributed by atoms with van der Waals surface area (Å²) in [5.74, 6) is -2.44. The summed E-state index contributed by atoms with van der Waals surface area (Å²) in [7, 11) is 0. The predicted octanol–water partition coefficient (Wildman–Crippen LogP) is 15.9. The molecule has 0 spiro atoms. The topological polar surface area (TPSA) is 277 Å². The van der Waals surface area contributed by atoms with E-state index in [4.69, 9.17) is 28.1 Å². The van der Waals surface area contributed by atoms with E-state index >= 15 is 0 Å². The Labute approximate surface area is 555 Å². The second kappa shape index (κ2) is 27.7. The molecule has 15 rings (SSSR count). The van der Waals surface area contributed by atoms with Crippen LogP contribution >= 0.6 is 11.6 Å². The molecule has 96 heavy (non-hydrogen) atoms. The number of hydrogen-bond acceptors (Lipinski definition) is 16. The molecule has 10 aromatic carbocycles. The Morgan fingerprint density at radius 2 is 0.854 bits per heavy atom. The van der Waals surface area contributed by atoms with Crippen molar-refractivity contribution in [2.24, 2.45) is 0 Å². The van der Waals surface area contributed by atoms with Crippen LogP contribution in [0.25, 0.3) is 44.3 Å². The number of carbonyl (C=O) groups is 6. The van der Waals surface area contributed by atoms with Gasteiger partial charge in [0.2, 0.25) is 11.2 Å². The highest BCUT2D eigenvalue weighted by atomic mass is 35.5. The van der Waals surface area contributed by atoms with Crippen molar-refractivity contribution in [2.75, 3.05) is 26.6 Å². The molecule has 5 N–H and O–H groups in total. The van der Waals surface area contributed by atoms with Crippen LogP contribution in [0.2, 0.25) is 5.28 Å². The zero-order valence-corrected chi connectivity index (χ0v) is 53.4. The van der Waals surface area contributed by atoms with Gasteiger partial charge in [0.25, 0.3) is 29.3 Å². The minimum atomic E-state index is -0.839. The molecule has 0 atom stereocenters. The number of nitro groups is 1. The highest BCUT2D eigenvalue weighted by molar-refractivity contribution is 6.36. The van der Waals surface area contributed by atoms with Gasteiger partial charge in [-0.2, -0.15) is 0 Å². The third kappa shape index (κ3) is 13.4. The summed E-state index contributed by atoms with van der Waals surface area (Å²) in [6.45, 7) is 11.6. The van der Waals surface area contributed by atoms with Crippen molar-refractivity contribution in [3.63, 3.8) is 0 Å². The number of rotatable bonds is 7. The fourth-order valence-electron chi connectivity index (χ4n) is 11.3. The van der Waals surface area contributed by atoms with Gasteiger partial charge in [-0.3, -0.25) is 29.3 Å². The first kappa shape index (κ1) is 64.9. The van der Waals surface area contributed by atoms with E-state index < -0.39 is 16.9 Å². The number of esters is 2. The van der Waals surface area contributed by atoms with Gasteiger partial charge >= 0.3 is 11.9 Å². The van der Waals surface area contributed by atoms with Crippen LogP contribution in [0.4, 0.5) is 40.1 Å². The monoisotopic (exact) mass is 1290 g/mol. The third-order valence-electron chi connectivity index (χ3n) is 16.0. The number of halogens is 1. The van der Waals surface area contributed by atoms with E-state index in [2.05, 4.69) is 25.0 Å². The number of imide groups is 2. The van der Waals surface area contributed by atoms with Crippen LogP contribution in [0.5, 0.6) is 0 Å². The number of carbonyl (C=O) groups excluding carboxylic acids is 6. The number of anilines is 6. The largest absolute Gasteiger partial charge is 0.399 e. The summed E-state index contributed by atoms with van der Waals surface area (Å²) >= 11 is 5.95. The highest BCUT2D eigenvalue weighted by Crippen LogP contribution is 2.37. The number of para-hydroxylation sites is 5. The van der Waals surface area contributed by atoms with Crippen LogP contribution in [0, 0.1) is 51.7 Å². The van der Waals surface area contributed by atoms with Crippen LogP contribution in [0.1, 0.15) is 95.5 Å². The van der Waals surface area contributed by atoms with Crippen molar-refractivity contribution in [3.05, 3.63) is 301 Å². The Kier molecular flexibility index (Phi) is 18.7. The molecule has 3 aliphatic heterocycles. The van der Waals surface area contributed by atoms with E-state index in [1.54, 1.807) is 36.4 Å². The maximum absolute atomic E-state index is 13.4. The minimum Gasteiger partial charge on any atom is -0.399 e. The molecule has 0 saturated carbocycles. The lowest BCUT2D eigenvalue weighted by molar-refractivity contribution is -0.384. The first-order valence-corrected chi connectivity index (χ1v) is 30.4. The van der Waals surface area contributed by atoms with E-state index in [1.165, 1.54) is 15.9 Å². The minimum absolute atomic E-state index is 0.0517. The standard InChI is InChI=1S/C30H22N4O2.C16H14N2O2.C14H9ClN2.C8H3NO5.C8H11N/c1-18-9-8-10-19(2)27(18)34-28(35)22-16-15-21(17-24(22)29(34)36)31-30-32-25-14-7-6-13-23(25)26(33-30)20-11-4-3-5-12-20;1-9-4-3-5-10(2)14(9)18-15(19)12-7-6-11(17)8-13(12)16(18)20;15-14-16-12-9-5-4-8-11(12)13(17-14)10-6-2-1-3-7-10;10-7-5-2-1-4(9(12)13)3-6(5)8(11)14-7;1-6-4-3-5-7(2)8(6)9/h3-17H,1-2H3,(H,31,32,33);3-8H,17H2,1-2H3;1-9H;1-3H;3-5H,9H2,1-2H3. The van der Waals surface area contributed by atoms with E-state index in [0.717, 1.165) is 95.5 Å². The zero-order valence-electron chi connectivity index (χ0n) is 52.6. The lowest BCUT2D eigenvalue weighted by Gasteiger charge is -2.19. The second-order valence-electron chi connectivity index (χ2n) is 22.5. The van der Waals surface area contributed by atoms with Crippen LogP contribution in [0.15, 0.2) is 218 Å². The first-order valence-electron chi connectivity index (χ1n) is 30.0. The normalized spacial score (nSPS) is 12.4. The van der Waals surface area contributed by atoms with Crippen molar-refractivity contribution >= 4 is 109 Å². The number of nitro benzene ring substituents is 1. The average Bonchev–Trinajstić information content (AvgIpc) is 1.61. The van der Waals surface area contributed by atoms with Crippen LogP contribution in [-0.4, -0.2) is 60.4 Å². The number of benzene rings is 10. The smallest absolute Gasteiger partial charge is 0.347 e. The SMILES string of the molecule is Cc1cccc(C)c1N.Cc1cccc(C)c1N1C(=O)c2ccc(N)cc2C1=O.Cc1cccc(C)c1N1C(=O)c2ccc(Nc3nc(-c4ccccc4)c4ccccc4n3)cc2C1=O.Clc1nc(-c2ccccc2)c2ccccc2n1.O=C1OC(=O)c2cc([N+](=O)[O-])ccc21. The van der Waals surface area contributed by atoms with Crippen LogP contribution < -0.4 is 26.6 Å². The predicted molar refractivity (Wildman–Crippen MR) is 373 cm³/mol. The Morgan fingerprint density at radius 1 is 0.427 bits per heavy atom. The number of hydrogen-bond donors (Lipinski definition) is 3. The van der Waals surface area contributed by atoms with E-state index in [0.29, 0.717) is 51.0 Å². The number of non-ortho nitro benzene ring substituents is 1. The number of nitrogens with one attached hydrogen (secondary N) is 1. The number of nitrogens with zero attached hydrogens (tertiary/aromatic N) is 7. The molecule has 2 aromatic heterocycles. The number of nitrogens with two attached hydrogens (primary N) is 2. The summed E-state index contributed by atoms with van der Waals surface area (Å²) in [5.41, 5.74) is 27.3.